The molecule has 19 heavy (non-hydrogen) atoms. The fourth-order valence-corrected chi connectivity index (χ4v) is 2.73. The maximum Gasteiger partial charge on any atom is 0.148 e. The summed E-state index contributed by atoms with van der Waals surface area (Å²) in [4.78, 5) is 0. The van der Waals surface area contributed by atoms with Crippen molar-refractivity contribution in [3.8, 4) is 21.1 Å². The molecule has 0 bridgehead atoms. The van der Waals surface area contributed by atoms with Crippen LogP contribution in [-0.4, -0.2) is 10.2 Å². The van der Waals surface area contributed by atoms with Crippen molar-refractivity contribution >= 4 is 22.9 Å². The highest BCUT2D eigenvalue weighted by molar-refractivity contribution is 7.17. The van der Waals surface area contributed by atoms with E-state index >= 15 is 0 Å². The molecule has 0 atom stereocenters. The molecule has 0 unspecified atom stereocenters. The smallest absolute Gasteiger partial charge is 0.138 e. The van der Waals surface area contributed by atoms with Gasteiger partial charge in [-0.1, -0.05) is 64.9 Å². The summed E-state index contributed by atoms with van der Waals surface area (Å²) in [7, 11) is 0. The lowest BCUT2D eigenvalue weighted by Crippen LogP contribution is -1.77. The molecule has 0 saturated heterocycles. The minimum Gasteiger partial charge on any atom is -0.138 e. The van der Waals surface area contributed by atoms with Gasteiger partial charge in [-0.25, -0.2) is 0 Å². The van der Waals surface area contributed by atoms with E-state index in [1.54, 1.807) is 11.3 Å². The Morgan fingerprint density at radius 1 is 0.789 bits per heavy atom. The Morgan fingerprint density at radius 3 is 1.79 bits per heavy atom. The van der Waals surface area contributed by atoms with Crippen molar-refractivity contribution in [2.45, 2.75) is 6.92 Å². The molecule has 0 fully saturated rings. The van der Waals surface area contributed by atoms with Crippen molar-refractivity contribution < 1.29 is 0 Å². The number of nitrogens with zero attached hydrogens (tertiary/aromatic N) is 2. The number of hydrogen-bond donors (Lipinski definition) is 0. The lowest BCUT2D eigenvalue weighted by molar-refractivity contribution is 1.10. The van der Waals surface area contributed by atoms with E-state index in [4.69, 9.17) is 11.6 Å². The highest BCUT2D eigenvalue weighted by Crippen LogP contribution is 2.30. The van der Waals surface area contributed by atoms with E-state index in [2.05, 4.69) is 41.4 Å². The summed E-state index contributed by atoms with van der Waals surface area (Å²) in [5.74, 6) is 0. The summed E-state index contributed by atoms with van der Waals surface area (Å²) in [6.07, 6.45) is 0. The van der Waals surface area contributed by atoms with Crippen LogP contribution >= 0.6 is 22.9 Å². The van der Waals surface area contributed by atoms with Gasteiger partial charge in [0, 0.05) is 16.1 Å². The first kappa shape index (κ1) is 12.3. The number of aromatic nitrogens is 2. The topological polar surface area (TPSA) is 25.8 Å². The number of benzene rings is 2. The number of aryl methyl sites for hydroxylation is 1. The molecular weight excluding hydrogens is 276 g/mol. The molecule has 0 spiro atoms. The largest absolute Gasteiger partial charge is 0.148 e. The Labute approximate surface area is 120 Å². The normalized spacial score (nSPS) is 10.6. The van der Waals surface area contributed by atoms with Crippen LogP contribution in [0.25, 0.3) is 21.1 Å². The quantitative estimate of drug-likeness (QED) is 0.674. The number of hydrogen-bond acceptors (Lipinski definition) is 3. The standard InChI is InChI=1S/C15H11ClN2S/c1-10-2-4-11(5-3-10)14-17-18-15(19-14)12-6-8-13(16)9-7-12/h2-9H,1H3. The second-order valence-electron chi connectivity index (χ2n) is 4.29. The average Bonchev–Trinajstić information content (AvgIpc) is 2.90. The van der Waals surface area contributed by atoms with E-state index in [-0.39, 0.29) is 0 Å². The van der Waals surface area contributed by atoms with E-state index in [1.165, 1.54) is 5.56 Å². The van der Waals surface area contributed by atoms with Gasteiger partial charge in [-0.3, -0.25) is 0 Å². The van der Waals surface area contributed by atoms with Gasteiger partial charge in [0.2, 0.25) is 0 Å². The molecule has 4 heteroatoms. The van der Waals surface area contributed by atoms with Gasteiger partial charge in [0.15, 0.2) is 0 Å². The zero-order valence-electron chi connectivity index (χ0n) is 10.3. The van der Waals surface area contributed by atoms with Crippen LogP contribution in [0.4, 0.5) is 0 Å². The molecule has 3 rings (SSSR count). The predicted octanol–water partition coefficient (Wildman–Crippen LogP) is 4.83. The fourth-order valence-electron chi connectivity index (χ4n) is 1.75. The average molecular weight is 287 g/mol. The molecule has 0 N–H and O–H groups in total. The Morgan fingerprint density at radius 2 is 1.26 bits per heavy atom. The van der Waals surface area contributed by atoms with Crippen LogP contribution in [0.1, 0.15) is 5.56 Å². The van der Waals surface area contributed by atoms with Crippen molar-refractivity contribution in [1.82, 2.24) is 10.2 Å². The lowest BCUT2D eigenvalue weighted by atomic mass is 10.2. The van der Waals surface area contributed by atoms with Crippen LogP contribution in [0.2, 0.25) is 5.02 Å². The minimum atomic E-state index is 0.729. The third kappa shape index (κ3) is 2.67. The molecule has 1 heterocycles. The molecule has 0 amide bonds. The minimum absolute atomic E-state index is 0.729. The molecule has 0 aliphatic heterocycles. The molecule has 0 aliphatic carbocycles. The van der Waals surface area contributed by atoms with Gasteiger partial charge in [-0.2, -0.15) is 0 Å². The first-order valence-corrected chi connectivity index (χ1v) is 7.08. The van der Waals surface area contributed by atoms with Crippen LogP contribution < -0.4 is 0 Å². The first-order chi connectivity index (χ1) is 9.22. The van der Waals surface area contributed by atoms with E-state index < -0.39 is 0 Å². The van der Waals surface area contributed by atoms with Crippen LogP contribution in [0, 0.1) is 6.92 Å². The van der Waals surface area contributed by atoms with Crippen molar-refractivity contribution in [3.63, 3.8) is 0 Å². The van der Waals surface area contributed by atoms with Crippen molar-refractivity contribution in [3.05, 3.63) is 59.1 Å². The SMILES string of the molecule is Cc1ccc(-c2nnc(-c3ccc(Cl)cc3)s2)cc1. The molecule has 1 aromatic heterocycles. The maximum absolute atomic E-state index is 5.88. The summed E-state index contributed by atoms with van der Waals surface area (Å²) in [6, 6.07) is 16.0. The Kier molecular flexibility index (Phi) is 3.32. The van der Waals surface area contributed by atoms with Gasteiger partial charge in [-0.15, -0.1) is 10.2 Å². The van der Waals surface area contributed by atoms with E-state index in [1.807, 2.05) is 24.3 Å². The second kappa shape index (κ2) is 5.11. The first-order valence-electron chi connectivity index (χ1n) is 5.89. The molecule has 0 saturated carbocycles. The highest BCUT2D eigenvalue weighted by Gasteiger charge is 2.08. The van der Waals surface area contributed by atoms with Crippen molar-refractivity contribution in [1.29, 1.82) is 0 Å². The third-order valence-corrected chi connectivity index (χ3v) is 4.09. The summed E-state index contributed by atoms with van der Waals surface area (Å²) < 4.78 is 0. The molecule has 3 aromatic rings. The van der Waals surface area contributed by atoms with E-state index in [0.29, 0.717) is 0 Å². The van der Waals surface area contributed by atoms with Gasteiger partial charge in [-0.05, 0) is 19.1 Å². The van der Waals surface area contributed by atoms with Gasteiger partial charge in [0.25, 0.3) is 0 Å². The Balaban J connectivity index is 1.95. The monoisotopic (exact) mass is 286 g/mol. The molecular formula is C15H11ClN2S. The lowest BCUT2D eigenvalue weighted by Gasteiger charge is -1.96. The number of halogens is 1. The van der Waals surface area contributed by atoms with Crippen LogP contribution in [0.15, 0.2) is 48.5 Å². The van der Waals surface area contributed by atoms with Crippen molar-refractivity contribution in [2.75, 3.05) is 0 Å². The van der Waals surface area contributed by atoms with Crippen LogP contribution in [-0.2, 0) is 0 Å². The van der Waals surface area contributed by atoms with Gasteiger partial charge in [0.1, 0.15) is 10.0 Å². The highest BCUT2D eigenvalue weighted by atomic mass is 35.5. The van der Waals surface area contributed by atoms with Crippen molar-refractivity contribution in [2.24, 2.45) is 0 Å². The predicted molar refractivity (Wildman–Crippen MR) is 80.5 cm³/mol. The third-order valence-electron chi connectivity index (χ3n) is 2.81. The fraction of sp³-hybridized carbons (Fsp3) is 0.0667. The van der Waals surface area contributed by atoms with E-state index in [9.17, 15) is 0 Å². The second-order valence-corrected chi connectivity index (χ2v) is 5.70. The van der Waals surface area contributed by atoms with Crippen LogP contribution in [0.5, 0.6) is 0 Å². The molecule has 94 valence electrons. The van der Waals surface area contributed by atoms with Gasteiger partial charge in [0.05, 0.1) is 0 Å². The van der Waals surface area contributed by atoms with Gasteiger partial charge >= 0.3 is 0 Å². The maximum atomic E-state index is 5.88. The van der Waals surface area contributed by atoms with Crippen LogP contribution in [0.3, 0.4) is 0 Å². The summed E-state index contributed by atoms with van der Waals surface area (Å²) in [5, 5.41) is 11.1. The zero-order valence-corrected chi connectivity index (χ0v) is 11.9. The van der Waals surface area contributed by atoms with E-state index in [0.717, 1.165) is 26.2 Å². The zero-order chi connectivity index (χ0) is 13.2. The summed E-state index contributed by atoms with van der Waals surface area (Å²) in [6.45, 7) is 2.07. The Hall–Kier alpha value is -1.71. The molecule has 0 aliphatic rings. The number of rotatable bonds is 2. The summed E-state index contributed by atoms with van der Waals surface area (Å²) >= 11 is 7.47. The molecule has 0 radical (unpaired) electrons. The molecule has 2 aromatic carbocycles. The molecule has 2 nitrogen and oxygen atoms in total. The van der Waals surface area contributed by atoms with Gasteiger partial charge < -0.3 is 0 Å². The summed E-state index contributed by atoms with van der Waals surface area (Å²) in [5.41, 5.74) is 3.38. The Bertz CT molecular complexity index is 627.